The molecule has 1 atom stereocenters. The van der Waals surface area contributed by atoms with Gasteiger partial charge in [0.15, 0.2) is 9.84 Å². The van der Waals surface area contributed by atoms with E-state index in [1.807, 2.05) is 31.2 Å². The van der Waals surface area contributed by atoms with Gasteiger partial charge in [0.1, 0.15) is 12.4 Å². The molecule has 0 spiro atoms. The number of nitrogens with one attached hydrogen (secondary N) is 1. The molecule has 0 saturated heterocycles. The first-order chi connectivity index (χ1) is 16.3. The molecule has 4 rings (SSSR count). The first-order valence-corrected chi connectivity index (χ1v) is 12.9. The van der Waals surface area contributed by atoms with E-state index >= 15 is 0 Å². The van der Waals surface area contributed by atoms with Crippen molar-refractivity contribution in [3.63, 3.8) is 0 Å². The van der Waals surface area contributed by atoms with E-state index in [2.05, 4.69) is 17.4 Å². The van der Waals surface area contributed by atoms with Crippen LogP contribution in [-0.2, 0) is 33.4 Å². The summed E-state index contributed by atoms with van der Waals surface area (Å²) in [6.07, 6.45) is 3.19. The number of benzene rings is 3. The summed E-state index contributed by atoms with van der Waals surface area (Å²) in [6.45, 7) is 1.98. The lowest BCUT2D eigenvalue weighted by atomic mass is 10.1. The normalized spacial score (nSPS) is 12.5. The Labute approximate surface area is 199 Å². The van der Waals surface area contributed by atoms with Gasteiger partial charge in [0.2, 0.25) is 5.91 Å². The van der Waals surface area contributed by atoms with E-state index in [-0.39, 0.29) is 29.1 Å². The maximum absolute atomic E-state index is 13.2. The van der Waals surface area contributed by atoms with Crippen LogP contribution in [0.5, 0.6) is 0 Å². The predicted molar refractivity (Wildman–Crippen MR) is 132 cm³/mol. The van der Waals surface area contributed by atoms with E-state index in [0.29, 0.717) is 16.5 Å². The molecule has 1 N–H and O–H groups in total. The molecule has 5 nitrogen and oxygen atoms in total. The lowest BCUT2D eigenvalue weighted by molar-refractivity contribution is -0.122. The van der Waals surface area contributed by atoms with Gasteiger partial charge < -0.3 is 9.88 Å². The van der Waals surface area contributed by atoms with E-state index in [1.54, 1.807) is 22.8 Å². The predicted octanol–water partition coefficient (Wildman–Crippen LogP) is 4.89. The second-order valence-corrected chi connectivity index (χ2v) is 10.5. The van der Waals surface area contributed by atoms with Gasteiger partial charge in [0.25, 0.3) is 0 Å². The number of carbonyl (C=O) groups is 1. The Morgan fingerprint density at radius 1 is 0.941 bits per heavy atom. The summed E-state index contributed by atoms with van der Waals surface area (Å²) in [4.78, 5) is 12.9. The molecule has 4 aromatic rings. The van der Waals surface area contributed by atoms with E-state index < -0.39 is 15.7 Å². The van der Waals surface area contributed by atoms with Gasteiger partial charge in [-0.15, -0.1) is 0 Å². The van der Waals surface area contributed by atoms with Crippen LogP contribution in [-0.4, -0.2) is 24.9 Å². The summed E-state index contributed by atoms with van der Waals surface area (Å²) in [5, 5.41) is 3.58. The lowest BCUT2D eigenvalue weighted by Gasteiger charge is -2.14. The van der Waals surface area contributed by atoms with E-state index in [1.165, 1.54) is 36.0 Å². The van der Waals surface area contributed by atoms with Crippen molar-refractivity contribution in [3.8, 4) is 0 Å². The lowest BCUT2D eigenvalue weighted by Crippen LogP contribution is -2.35. The fourth-order valence-corrected chi connectivity index (χ4v) is 5.63. The SMILES string of the molecule is CC(CCc1ccccc1)NC(=O)Cn1cc(S(=O)(=O)Cc2ccc(F)cc2)c2ccccc21. The average molecular weight is 479 g/mol. The minimum atomic E-state index is -3.71. The Bertz CT molecular complexity index is 1380. The topological polar surface area (TPSA) is 68.2 Å². The Balaban J connectivity index is 1.49. The number of hydrogen-bond acceptors (Lipinski definition) is 3. The Morgan fingerprint density at radius 2 is 1.62 bits per heavy atom. The van der Waals surface area contributed by atoms with Crippen LogP contribution < -0.4 is 5.32 Å². The van der Waals surface area contributed by atoms with Gasteiger partial charge in [-0.25, -0.2) is 12.8 Å². The third-order valence-corrected chi connectivity index (χ3v) is 7.50. The molecule has 1 unspecified atom stereocenters. The Hall–Kier alpha value is -3.45. The monoisotopic (exact) mass is 478 g/mol. The van der Waals surface area contributed by atoms with Crippen LogP contribution >= 0.6 is 0 Å². The molecular weight excluding hydrogens is 451 g/mol. The van der Waals surface area contributed by atoms with Crippen molar-refractivity contribution in [1.82, 2.24) is 9.88 Å². The minimum absolute atomic E-state index is 0.0161. The van der Waals surface area contributed by atoms with E-state index in [9.17, 15) is 17.6 Å². The first-order valence-electron chi connectivity index (χ1n) is 11.2. The standard InChI is InChI=1S/C27H27FN2O3S/c1-20(11-12-21-7-3-2-4-8-21)29-27(31)18-30-17-26(24-9-5-6-10-25(24)30)34(32,33)19-22-13-15-23(28)16-14-22/h2-10,13-17,20H,11-12,18-19H2,1H3,(H,29,31). The van der Waals surface area contributed by atoms with Crippen molar-refractivity contribution in [2.24, 2.45) is 0 Å². The smallest absolute Gasteiger partial charge is 0.240 e. The van der Waals surface area contributed by atoms with Crippen LogP contribution in [0.4, 0.5) is 4.39 Å². The molecule has 7 heteroatoms. The zero-order valence-corrected chi connectivity index (χ0v) is 19.8. The molecule has 34 heavy (non-hydrogen) atoms. The van der Waals surface area contributed by atoms with Crippen LogP contribution in [0.2, 0.25) is 0 Å². The number of amides is 1. The number of rotatable bonds is 9. The highest BCUT2D eigenvalue weighted by molar-refractivity contribution is 7.90. The molecule has 0 aliphatic heterocycles. The van der Waals surface area contributed by atoms with Crippen LogP contribution in [0.15, 0.2) is 90.0 Å². The zero-order valence-electron chi connectivity index (χ0n) is 18.9. The molecule has 0 radical (unpaired) electrons. The molecular formula is C27H27FN2O3S. The minimum Gasteiger partial charge on any atom is -0.352 e. The fraction of sp³-hybridized carbons (Fsp3) is 0.222. The van der Waals surface area contributed by atoms with Gasteiger partial charge in [-0.1, -0.05) is 60.7 Å². The highest BCUT2D eigenvalue weighted by Crippen LogP contribution is 2.28. The number of sulfone groups is 1. The van der Waals surface area contributed by atoms with Crippen LogP contribution in [0.1, 0.15) is 24.5 Å². The van der Waals surface area contributed by atoms with Crippen molar-refractivity contribution >= 4 is 26.6 Å². The number of nitrogens with zero attached hydrogens (tertiary/aromatic N) is 1. The van der Waals surface area contributed by atoms with Crippen LogP contribution in [0.3, 0.4) is 0 Å². The fourth-order valence-electron chi connectivity index (χ4n) is 4.04. The van der Waals surface area contributed by atoms with E-state index in [4.69, 9.17) is 0 Å². The maximum Gasteiger partial charge on any atom is 0.240 e. The van der Waals surface area contributed by atoms with Crippen molar-refractivity contribution in [3.05, 3.63) is 102 Å². The van der Waals surface area contributed by atoms with Crippen LogP contribution in [0, 0.1) is 5.82 Å². The van der Waals surface area contributed by atoms with Gasteiger partial charge in [-0.05, 0) is 49.1 Å². The number of fused-ring (bicyclic) bond motifs is 1. The van der Waals surface area contributed by atoms with Gasteiger partial charge in [-0.2, -0.15) is 0 Å². The highest BCUT2D eigenvalue weighted by atomic mass is 32.2. The molecule has 0 bridgehead atoms. The molecule has 3 aromatic carbocycles. The number of para-hydroxylation sites is 1. The molecule has 0 aliphatic rings. The molecule has 176 valence electrons. The molecule has 1 aromatic heterocycles. The second kappa shape index (κ2) is 10.2. The summed E-state index contributed by atoms with van der Waals surface area (Å²) in [6, 6.07) is 22.6. The molecule has 0 fully saturated rings. The molecule has 0 aliphatic carbocycles. The molecule has 1 amide bonds. The van der Waals surface area contributed by atoms with Gasteiger partial charge in [0.05, 0.1) is 10.6 Å². The Morgan fingerprint density at radius 3 is 2.35 bits per heavy atom. The maximum atomic E-state index is 13.2. The van der Waals surface area contributed by atoms with Gasteiger partial charge in [0, 0.05) is 23.1 Å². The number of aryl methyl sites for hydroxylation is 1. The summed E-state index contributed by atoms with van der Waals surface area (Å²) in [5.74, 6) is -0.838. The van der Waals surface area contributed by atoms with Crippen molar-refractivity contribution in [2.75, 3.05) is 0 Å². The van der Waals surface area contributed by atoms with Gasteiger partial charge >= 0.3 is 0 Å². The van der Waals surface area contributed by atoms with Gasteiger partial charge in [-0.3, -0.25) is 4.79 Å². The third-order valence-electron chi connectivity index (χ3n) is 5.79. The number of aromatic nitrogens is 1. The van der Waals surface area contributed by atoms with E-state index in [0.717, 1.165) is 12.8 Å². The highest BCUT2D eigenvalue weighted by Gasteiger charge is 2.22. The largest absolute Gasteiger partial charge is 0.352 e. The number of hydrogen-bond donors (Lipinski definition) is 1. The van der Waals surface area contributed by atoms with Crippen molar-refractivity contribution in [2.45, 2.75) is 43.0 Å². The number of carbonyl (C=O) groups excluding carboxylic acids is 1. The average Bonchev–Trinajstić information content (AvgIpc) is 3.19. The van der Waals surface area contributed by atoms with Crippen LogP contribution in [0.25, 0.3) is 10.9 Å². The van der Waals surface area contributed by atoms with Crippen molar-refractivity contribution in [1.29, 1.82) is 0 Å². The summed E-state index contributed by atoms with van der Waals surface area (Å²) >= 11 is 0. The summed E-state index contributed by atoms with van der Waals surface area (Å²) in [7, 11) is -3.71. The third kappa shape index (κ3) is 5.72. The molecule has 1 heterocycles. The first kappa shape index (κ1) is 23.7. The summed E-state index contributed by atoms with van der Waals surface area (Å²) in [5.41, 5.74) is 2.39. The second-order valence-electron chi connectivity index (χ2n) is 8.52. The number of halogens is 1. The Kier molecular flexibility index (Phi) is 7.12. The zero-order chi connectivity index (χ0) is 24.1. The van der Waals surface area contributed by atoms with Crippen molar-refractivity contribution < 1.29 is 17.6 Å². The summed E-state index contributed by atoms with van der Waals surface area (Å²) < 4.78 is 41.3. The molecule has 0 saturated carbocycles. The quantitative estimate of drug-likeness (QED) is 0.372.